The molecular formula is C16H12ClFN4O4S. The fraction of sp³-hybridized carbons (Fsp3) is 0.0625. The van der Waals surface area contributed by atoms with Crippen LogP contribution in [0.1, 0.15) is 15.9 Å². The number of carbonyl (C=O) groups is 1. The van der Waals surface area contributed by atoms with Crippen molar-refractivity contribution >= 4 is 33.4 Å². The minimum Gasteiger partial charge on any atom is -0.478 e. The van der Waals surface area contributed by atoms with Gasteiger partial charge in [0.2, 0.25) is 0 Å². The Hall–Kier alpha value is -2.98. The van der Waals surface area contributed by atoms with E-state index in [9.17, 15) is 17.6 Å². The number of nitrogens with one attached hydrogen (secondary N) is 1. The largest absolute Gasteiger partial charge is 0.478 e. The van der Waals surface area contributed by atoms with E-state index >= 15 is 0 Å². The van der Waals surface area contributed by atoms with E-state index in [2.05, 4.69) is 14.8 Å². The Labute approximate surface area is 158 Å². The van der Waals surface area contributed by atoms with Crippen LogP contribution in [0.25, 0.3) is 0 Å². The van der Waals surface area contributed by atoms with Gasteiger partial charge in [-0.2, -0.15) is 5.10 Å². The second-order valence-electron chi connectivity index (χ2n) is 5.43. The van der Waals surface area contributed by atoms with Gasteiger partial charge in [-0.15, -0.1) is 0 Å². The number of halogens is 2. The van der Waals surface area contributed by atoms with Gasteiger partial charge in [-0.3, -0.25) is 14.4 Å². The molecule has 27 heavy (non-hydrogen) atoms. The second-order valence-corrected chi connectivity index (χ2v) is 7.49. The molecule has 0 atom stereocenters. The topological polar surface area (TPSA) is 114 Å². The van der Waals surface area contributed by atoms with Gasteiger partial charge in [0.15, 0.2) is 5.82 Å². The summed E-state index contributed by atoms with van der Waals surface area (Å²) >= 11 is 5.79. The molecule has 0 unspecified atom stereocenters. The lowest BCUT2D eigenvalue weighted by Gasteiger charge is -2.09. The quantitative estimate of drug-likeness (QED) is 0.645. The molecule has 0 fully saturated rings. The van der Waals surface area contributed by atoms with E-state index in [0.717, 1.165) is 5.56 Å². The molecule has 0 aliphatic heterocycles. The minimum absolute atomic E-state index is 0.00122. The molecule has 2 aromatic heterocycles. The summed E-state index contributed by atoms with van der Waals surface area (Å²) in [5.74, 6) is -2.74. The van der Waals surface area contributed by atoms with Crippen molar-refractivity contribution in [3.8, 4) is 0 Å². The molecule has 0 aliphatic rings. The Balaban J connectivity index is 1.85. The molecule has 0 radical (unpaired) electrons. The first-order valence-corrected chi connectivity index (χ1v) is 9.30. The van der Waals surface area contributed by atoms with Gasteiger partial charge in [0.25, 0.3) is 10.0 Å². The molecule has 0 spiro atoms. The molecule has 0 saturated heterocycles. The van der Waals surface area contributed by atoms with Gasteiger partial charge in [-0.05, 0) is 29.8 Å². The third-order valence-corrected chi connectivity index (χ3v) is 5.33. The molecule has 3 aromatic rings. The number of aromatic nitrogens is 3. The van der Waals surface area contributed by atoms with Crippen molar-refractivity contribution < 1.29 is 22.7 Å². The molecule has 140 valence electrons. The van der Waals surface area contributed by atoms with Gasteiger partial charge >= 0.3 is 5.97 Å². The van der Waals surface area contributed by atoms with Crippen LogP contribution in [0.2, 0.25) is 5.02 Å². The lowest BCUT2D eigenvalue weighted by molar-refractivity contribution is 0.0691. The van der Waals surface area contributed by atoms with Gasteiger partial charge < -0.3 is 5.11 Å². The van der Waals surface area contributed by atoms with E-state index in [1.807, 2.05) is 0 Å². The molecule has 1 aromatic carbocycles. The van der Waals surface area contributed by atoms with E-state index in [1.54, 1.807) is 30.7 Å². The van der Waals surface area contributed by atoms with Gasteiger partial charge in [-0.25, -0.2) is 17.6 Å². The number of carboxylic acids is 1. The molecule has 11 heteroatoms. The maximum absolute atomic E-state index is 13.6. The Bertz CT molecular complexity index is 1100. The number of carboxylic acid groups (broad SMARTS) is 1. The van der Waals surface area contributed by atoms with Crippen molar-refractivity contribution in [3.63, 3.8) is 0 Å². The maximum atomic E-state index is 13.6. The van der Waals surface area contributed by atoms with E-state index in [0.29, 0.717) is 18.7 Å². The van der Waals surface area contributed by atoms with Crippen LogP contribution in [0.5, 0.6) is 0 Å². The summed E-state index contributed by atoms with van der Waals surface area (Å²) in [5, 5.41) is 12.6. The fourth-order valence-electron chi connectivity index (χ4n) is 2.27. The highest BCUT2D eigenvalue weighted by atomic mass is 35.5. The molecule has 3 rings (SSSR count). The van der Waals surface area contributed by atoms with Gasteiger partial charge in [-0.1, -0.05) is 11.6 Å². The summed E-state index contributed by atoms with van der Waals surface area (Å²) in [6.07, 6.45) is 4.81. The molecule has 0 aliphatic carbocycles. The first-order valence-electron chi connectivity index (χ1n) is 7.44. The number of anilines is 1. The van der Waals surface area contributed by atoms with Crippen LogP contribution in [-0.4, -0.2) is 34.3 Å². The number of aromatic carboxylic acids is 1. The van der Waals surface area contributed by atoms with E-state index in [4.69, 9.17) is 16.7 Å². The number of hydrogen-bond donors (Lipinski definition) is 2. The SMILES string of the molecule is O=C(O)c1cc(S(=O)(=O)Nc2ccn(Cc3ccncc3)n2)c(Cl)cc1F. The zero-order valence-electron chi connectivity index (χ0n) is 13.5. The molecule has 0 bridgehead atoms. The molecular weight excluding hydrogens is 399 g/mol. The number of pyridine rings is 1. The Kier molecular flexibility index (Phi) is 5.10. The first kappa shape index (κ1) is 18.8. The molecule has 0 amide bonds. The zero-order chi connectivity index (χ0) is 19.6. The second kappa shape index (κ2) is 7.33. The minimum atomic E-state index is -4.27. The number of hydrogen-bond acceptors (Lipinski definition) is 5. The molecule has 2 N–H and O–H groups in total. The first-order chi connectivity index (χ1) is 12.8. The van der Waals surface area contributed by atoms with Crippen molar-refractivity contribution in [2.24, 2.45) is 0 Å². The lowest BCUT2D eigenvalue weighted by atomic mass is 10.2. The van der Waals surface area contributed by atoms with Gasteiger partial charge in [0, 0.05) is 24.7 Å². The monoisotopic (exact) mass is 410 g/mol. The summed E-state index contributed by atoms with van der Waals surface area (Å²) < 4.78 is 42.3. The van der Waals surface area contributed by atoms with E-state index in [-0.39, 0.29) is 5.82 Å². The van der Waals surface area contributed by atoms with Crippen LogP contribution in [-0.2, 0) is 16.6 Å². The van der Waals surface area contributed by atoms with Crippen LogP contribution in [0.4, 0.5) is 10.2 Å². The third kappa shape index (κ3) is 4.23. The van der Waals surface area contributed by atoms with E-state index < -0.39 is 37.3 Å². The average Bonchev–Trinajstić information content (AvgIpc) is 3.01. The van der Waals surface area contributed by atoms with Crippen LogP contribution in [0.3, 0.4) is 0 Å². The van der Waals surface area contributed by atoms with Crippen molar-refractivity contribution in [1.82, 2.24) is 14.8 Å². The van der Waals surface area contributed by atoms with Gasteiger partial charge in [0.05, 0.1) is 17.1 Å². The van der Waals surface area contributed by atoms with Crippen molar-refractivity contribution in [2.45, 2.75) is 11.4 Å². The average molecular weight is 411 g/mol. The molecule has 8 nitrogen and oxygen atoms in total. The highest BCUT2D eigenvalue weighted by Crippen LogP contribution is 2.26. The van der Waals surface area contributed by atoms with Gasteiger partial charge in [0.1, 0.15) is 10.7 Å². The number of rotatable bonds is 6. The van der Waals surface area contributed by atoms with Crippen molar-refractivity contribution in [1.29, 1.82) is 0 Å². The zero-order valence-corrected chi connectivity index (χ0v) is 15.1. The summed E-state index contributed by atoms with van der Waals surface area (Å²) in [6.45, 7) is 0.394. The van der Waals surface area contributed by atoms with Crippen molar-refractivity contribution in [2.75, 3.05) is 4.72 Å². The summed E-state index contributed by atoms with van der Waals surface area (Å²) in [7, 11) is -4.27. The fourth-order valence-corrected chi connectivity index (χ4v) is 3.81. The molecule has 0 saturated carbocycles. The number of sulfonamides is 1. The molecule has 2 heterocycles. The Morgan fingerprint density at radius 2 is 1.96 bits per heavy atom. The Morgan fingerprint density at radius 3 is 2.63 bits per heavy atom. The smallest absolute Gasteiger partial charge is 0.338 e. The van der Waals surface area contributed by atoms with Crippen molar-refractivity contribution in [3.05, 3.63) is 70.9 Å². The standard InChI is InChI=1S/C16H12ClFN4O4S/c17-12-8-13(18)11(16(23)24)7-14(12)27(25,26)21-15-3-6-22(20-15)9-10-1-4-19-5-2-10/h1-8H,9H2,(H,20,21)(H,23,24). The lowest BCUT2D eigenvalue weighted by Crippen LogP contribution is -2.16. The summed E-state index contributed by atoms with van der Waals surface area (Å²) in [5.41, 5.74) is 0.109. The highest BCUT2D eigenvalue weighted by molar-refractivity contribution is 7.92. The van der Waals surface area contributed by atoms with Crippen LogP contribution in [0, 0.1) is 5.82 Å². The van der Waals surface area contributed by atoms with Crippen LogP contribution < -0.4 is 4.72 Å². The third-order valence-electron chi connectivity index (χ3n) is 3.52. The Morgan fingerprint density at radius 1 is 1.26 bits per heavy atom. The number of nitrogens with zero attached hydrogens (tertiary/aromatic N) is 3. The van der Waals surface area contributed by atoms with Crippen LogP contribution in [0.15, 0.2) is 53.8 Å². The number of benzene rings is 1. The summed E-state index contributed by atoms with van der Waals surface area (Å²) in [6, 6.07) is 6.31. The van der Waals surface area contributed by atoms with E-state index in [1.165, 1.54) is 10.7 Å². The maximum Gasteiger partial charge on any atom is 0.338 e. The summed E-state index contributed by atoms with van der Waals surface area (Å²) in [4.78, 5) is 14.4. The predicted octanol–water partition coefficient (Wildman–Crippen LogP) is 2.62. The predicted molar refractivity (Wildman–Crippen MR) is 94.7 cm³/mol. The normalized spacial score (nSPS) is 11.3. The highest BCUT2D eigenvalue weighted by Gasteiger charge is 2.24. The van der Waals surface area contributed by atoms with Crippen LogP contribution >= 0.6 is 11.6 Å².